The average molecular weight is 270 g/mol. The lowest BCUT2D eigenvalue weighted by atomic mass is 10.2. The van der Waals surface area contributed by atoms with E-state index in [0.717, 1.165) is 4.68 Å². The molecule has 3 N–H and O–H groups in total. The first kappa shape index (κ1) is 14.4. The van der Waals surface area contributed by atoms with Crippen molar-refractivity contribution < 1.29 is 14.4 Å². The number of ketones is 1. The fourth-order valence-electron chi connectivity index (χ4n) is 1.53. The number of carbonyl (C=O) groups excluding carboxylic acids is 3. The summed E-state index contributed by atoms with van der Waals surface area (Å²) in [5.74, 6) is 3.61. The lowest BCUT2D eigenvalue weighted by Crippen LogP contribution is -2.33. The van der Waals surface area contributed by atoms with Crippen LogP contribution in [0.5, 0.6) is 0 Å². The van der Waals surface area contributed by atoms with Crippen molar-refractivity contribution in [1.82, 2.24) is 15.2 Å². The van der Waals surface area contributed by atoms with Gasteiger partial charge in [-0.05, 0) is 20.1 Å². The molecular formula is C10H14N4O3S. The number of amides is 1. The third-order valence-corrected chi connectivity index (χ3v) is 3.04. The number of hydrazine groups is 1. The molecule has 0 saturated carbocycles. The minimum Gasteiger partial charge on any atom is -0.294 e. The van der Waals surface area contributed by atoms with Crippen LogP contribution in [0.3, 0.4) is 0 Å². The maximum Gasteiger partial charge on any atom is 0.257 e. The molecule has 7 nitrogen and oxygen atoms in total. The predicted molar refractivity (Wildman–Crippen MR) is 66.3 cm³/mol. The van der Waals surface area contributed by atoms with Gasteiger partial charge in [-0.3, -0.25) is 19.8 Å². The molecule has 0 aliphatic carbocycles. The van der Waals surface area contributed by atoms with Gasteiger partial charge in [-0.25, -0.2) is 5.84 Å². The monoisotopic (exact) mass is 270 g/mol. The number of rotatable bonds is 4. The Hall–Kier alpha value is -1.67. The summed E-state index contributed by atoms with van der Waals surface area (Å²) in [6, 6.07) is 0. The quantitative estimate of drug-likeness (QED) is 0.201. The van der Waals surface area contributed by atoms with Crippen molar-refractivity contribution in [2.45, 2.75) is 25.3 Å². The molecule has 0 aliphatic rings. The van der Waals surface area contributed by atoms with Crippen molar-refractivity contribution in [1.29, 1.82) is 0 Å². The van der Waals surface area contributed by atoms with Gasteiger partial charge in [0.25, 0.3) is 5.91 Å². The second-order valence-electron chi connectivity index (χ2n) is 3.58. The largest absolute Gasteiger partial charge is 0.294 e. The van der Waals surface area contributed by atoms with E-state index in [4.69, 9.17) is 5.84 Å². The highest BCUT2D eigenvalue weighted by Gasteiger charge is 2.22. The molecule has 0 aliphatic heterocycles. The lowest BCUT2D eigenvalue weighted by molar-refractivity contribution is -0.120. The molecule has 8 heteroatoms. The molecule has 1 aromatic heterocycles. The molecule has 18 heavy (non-hydrogen) atoms. The van der Waals surface area contributed by atoms with Gasteiger partial charge in [-0.1, -0.05) is 0 Å². The number of nitrogens with zero attached hydrogens (tertiary/aromatic N) is 2. The number of nitrogens with two attached hydrogens (primary N) is 1. The first-order chi connectivity index (χ1) is 8.42. The summed E-state index contributed by atoms with van der Waals surface area (Å²) < 4.78 is 1.08. The Kier molecular flexibility index (Phi) is 4.62. The summed E-state index contributed by atoms with van der Waals surface area (Å²) in [5, 5.41) is 4.43. The fourth-order valence-corrected chi connectivity index (χ4v) is 2.34. The number of aromatic nitrogens is 2. The van der Waals surface area contributed by atoms with Crippen molar-refractivity contribution in [2.75, 3.05) is 6.26 Å². The normalized spacial score (nSPS) is 10.2. The Morgan fingerprint density at radius 1 is 1.44 bits per heavy atom. The molecule has 0 fully saturated rings. The first-order valence-corrected chi connectivity index (χ1v) is 6.32. The van der Waals surface area contributed by atoms with Crippen LogP contribution >= 0.6 is 11.8 Å². The van der Waals surface area contributed by atoms with Gasteiger partial charge in [0.2, 0.25) is 5.91 Å². The van der Waals surface area contributed by atoms with E-state index < -0.39 is 18.2 Å². The molecule has 0 atom stereocenters. The molecule has 0 saturated heterocycles. The first-order valence-electron chi connectivity index (χ1n) is 5.09. The van der Waals surface area contributed by atoms with E-state index in [1.54, 1.807) is 13.2 Å². The van der Waals surface area contributed by atoms with Crippen LogP contribution in [0.15, 0.2) is 5.03 Å². The van der Waals surface area contributed by atoms with Crippen molar-refractivity contribution in [3.63, 3.8) is 0 Å². The zero-order valence-corrected chi connectivity index (χ0v) is 11.1. The van der Waals surface area contributed by atoms with Crippen molar-refractivity contribution in [3.05, 3.63) is 11.3 Å². The fraction of sp³-hybridized carbons (Fsp3) is 0.400. The Bertz CT molecular complexity index is 509. The maximum atomic E-state index is 11.8. The molecule has 0 unspecified atom stereocenters. The predicted octanol–water partition coefficient (Wildman–Crippen LogP) is 0.136. The summed E-state index contributed by atoms with van der Waals surface area (Å²) in [6.45, 7) is 3.05. The van der Waals surface area contributed by atoms with E-state index in [2.05, 4.69) is 5.10 Å². The molecular weight excluding hydrogens is 256 g/mol. The highest BCUT2D eigenvalue weighted by atomic mass is 32.2. The van der Waals surface area contributed by atoms with Crippen LogP contribution in [0.2, 0.25) is 0 Å². The number of Topliss-reactive ketones (excluding diaryl/α,β-unsaturated/α-hetero) is 1. The van der Waals surface area contributed by atoms with Crippen molar-refractivity contribution in [3.8, 4) is 0 Å². The van der Waals surface area contributed by atoms with E-state index in [-0.39, 0.29) is 5.78 Å². The van der Waals surface area contributed by atoms with Crippen LogP contribution < -0.4 is 11.3 Å². The smallest absolute Gasteiger partial charge is 0.257 e. The van der Waals surface area contributed by atoms with E-state index in [1.807, 2.05) is 5.43 Å². The minimum atomic E-state index is -0.607. The van der Waals surface area contributed by atoms with E-state index in [1.165, 1.54) is 18.7 Å². The lowest BCUT2D eigenvalue weighted by Gasteiger charge is -2.04. The Morgan fingerprint density at radius 2 is 2.06 bits per heavy atom. The number of carbonyl (C=O) groups is 3. The average Bonchev–Trinajstić information content (AvgIpc) is 2.65. The Balaban J connectivity index is 3.17. The van der Waals surface area contributed by atoms with Gasteiger partial charge in [-0.15, -0.1) is 11.8 Å². The van der Waals surface area contributed by atoms with E-state index in [9.17, 15) is 14.4 Å². The van der Waals surface area contributed by atoms with Crippen LogP contribution in [-0.2, 0) is 4.79 Å². The van der Waals surface area contributed by atoms with Gasteiger partial charge in [0, 0.05) is 0 Å². The van der Waals surface area contributed by atoms with Gasteiger partial charge in [-0.2, -0.15) is 9.78 Å². The second kappa shape index (κ2) is 5.78. The summed E-state index contributed by atoms with van der Waals surface area (Å²) in [6.07, 6.45) is 1.32. The number of thioether (sulfide) groups is 1. The summed E-state index contributed by atoms with van der Waals surface area (Å²) >= 11 is 1.23. The van der Waals surface area contributed by atoms with Crippen LogP contribution in [0.1, 0.15) is 34.2 Å². The van der Waals surface area contributed by atoms with Crippen LogP contribution in [0.25, 0.3) is 0 Å². The SMILES string of the molecule is CSc1c(C(C)=O)c(C)nn1C(=O)CC(=O)NN. The van der Waals surface area contributed by atoms with E-state index in [0.29, 0.717) is 16.3 Å². The van der Waals surface area contributed by atoms with Gasteiger partial charge < -0.3 is 0 Å². The number of hydrogen-bond donors (Lipinski definition) is 2. The van der Waals surface area contributed by atoms with Crippen LogP contribution in [0.4, 0.5) is 0 Å². The standard InChI is InChI=1S/C10H14N4O3S/c1-5-9(6(2)15)10(18-3)14(13-5)8(17)4-7(16)12-11/h4,11H2,1-3H3,(H,12,16). The number of hydrogen-bond acceptors (Lipinski definition) is 6. The van der Waals surface area contributed by atoms with Gasteiger partial charge in [0.05, 0.1) is 11.3 Å². The molecule has 0 bridgehead atoms. The van der Waals surface area contributed by atoms with Gasteiger partial charge >= 0.3 is 0 Å². The molecule has 1 heterocycles. The molecule has 0 radical (unpaired) electrons. The Morgan fingerprint density at radius 3 is 2.50 bits per heavy atom. The third kappa shape index (κ3) is 2.77. The molecule has 98 valence electrons. The summed E-state index contributed by atoms with van der Waals surface area (Å²) in [4.78, 5) is 34.4. The molecule has 0 spiro atoms. The number of aryl methyl sites for hydroxylation is 1. The second-order valence-corrected chi connectivity index (χ2v) is 4.37. The van der Waals surface area contributed by atoms with Crippen LogP contribution in [-0.4, -0.2) is 33.6 Å². The Labute approximate surface area is 108 Å². The topological polar surface area (TPSA) is 107 Å². The molecule has 1 amide bonds. The van der Waals surface area contributed by atoms with Crippen molar-refractivity contribution in [2.24, 2.45) is 5.84 Å². The highest BCUT2D eigenvalue weighted by Crippen LogP contribution is 2.24. The van der Waals surface area contributed by atoms with Gasteiger partial charge in [0.1, 0.15) is 11.4 Å². The highest BCUT2D eigenvalue weighted by molar-refractivity contribution is 7.98. The molecule has 1 aromatic rings. The van der Waals surface area contributed by atoms with Crippen molar-refractivity contribution >= 4 is 29.4 Å². The number of nitrogens with one attached hydrogen (secondary N) is 1. The zero-order chi connectivity index (χ0) is 13.9. The third-order valence-electron chi connectivity index (χ3n) is 2.27. The van der Waals surface area contributed by atoms with Crippen LogP contribution in [0, 0.1) is 6.92 Å². The molecule has 0 aromatic carbocycles. The zero-order valence-electron chi connectivity index (χ0n) is 10.3. The van der Waals surface area contributed by atoms with E-state index >= 15 is 0 Å². The maximum absolute atomic E-state index is 11.8. The molecule has 1 rings (SSSR count). The van der Waals surface area contributed by atoms with Gasteiger partial charge in [0.15, 0.2) is 5.78 Å². The minimum absolute atomic E-state index is 0.167. The summed E-state index contributed by atoms with van der Waals surface area (Å²) in [5.41, 5.74) is 2.75. The summed E-state index contributed by atoms with van der Waals surface area (Å²) in [7, 11) is 0.